The second kappa shape index (κ2) is 5.62. The third-order valence-electron chi connectivity index (χ3n) is 3.55. The summed E-state index contributed by atoms with van der Waals surface area (Å²) in [6.45, 7) is 0. The Kier molecular flexibility index (Phi) is 3.31. The Balaban J connectivity index is 1.77. The number of fused-ring (bicyclic) bond motifs is 1. The summed E-state index contributed by atoms with van der Waals surface area (Å²) >= 11 is 0. The van der Waals surface area contributed by atoms with Gasteiger partial charge in [0.15, 0.2) is 5.65 Å². The molecule has 0 unspecified atom stereocenters. The summed E-state index contributed by atoms with van der Waals surface area (Å²) in [7, 11) is 0. The standard InChI is InChI=1S/C17H12FN5O/c18-11-2-1-3-13(8-11)23-17-15(9-21-23)16(19-10-20-17)22-12-4-6-14(24)7-5-12/h1-10,24H,(H,19,20,22). The average Bonchev–Trinajstić information content (AvgIpc) is 3.02. The zero-order chi connectivity index (χ0) is 16.5. The first-order valence-corrected chi connectivity index (χ1v) is 7.21. The average molecular weight is 321 g/mol. The topological polar surface area (TPSA) is 75.9 Å². The minimum atomic E-state index is -0.340. The Hall–Kier alpha value is -3.48. The SMILES string of the molecule is Oc1ccc(Nc2ncnc3c2cnn3-c2cccc(F)c2)cc1. The van der Waals surface area contributed by atoms with Crippen molar-refractivity contribution in [2.24, 2.45) is 0 Å². The molecule has 0 aliphatic carbocycles. The Bertz CT molecular complexity index is 1010. The van der Waals surface area contributed by atoms with Gasteiger partial charge in [-0.1, -0.05) is 6.07 Å². The quantitative estimate of drug-likeness (QED) is 0.566. The van der Waals surface area contributed by atoms with Crippen LogP contribution >= 0.6 is 0 Å². The summed E-state index contributed by atoms with van der Waals surface area (Å²) in [6, 6.07) is 12.8. The molecule has 7 heteroatoms. The number of halogens is 1. The number of rotatable bonds is 3. The van der Waals surface area contributed by atoms with Crippen LogP contribution in [0.15, 0.2) is 61.1 Å². The largest absolute Gasteiger partial charge is 0.508 e. The zero-order valence-electron chi connectivity index (χ0n) is 12.4. The molecule has 24 heavy (non-hydrogen) atoms. The molecule has 4 rings (SSSR count). The van der Waals surface area contributed by atoms with Gasteiger partial charge < -0.3 is 10.4 Å². The van der Waals surface area contributed by atoms with E-state index in [0.717, 1.165) is 5.69 Å². The van der Waals surface area contributed by atoms with Gasteiger partial charge in [-0.2, -0.15) is 5.10 Å². The lowest BCUT2D eigenvalue weighted by atomic mass is 10.3. The van der Waals surface area contributed by atoms with Crippen LogP contribution in [0, 0.1) is 5.82 Å². The third kappa shape index (κ3) is 2.52. The lowest BCUT2D eigenvalue weighted by molar-refractivity contribution is 0.475. The minimum absolute atomic E-state index is 0.187. The number of aromatic hydroxyl groups is 1. The smallest absolute Gasteiger partial charge is 0.168 e. The molecule has 0 spiro atoms. The highest BCUT2D eigenvalue weighted by Crippen LogP contribution is 2.25. The predicted octanol–water partition coefficient (Wildman–Crippen LogP) is 3.40. The van der Waals surface area contributed by atoms with Gasteiger partial charge in [0.05, 0.1) is 17.3 Å². The molecule has 0 saturated carbocycles. The van der Waals surface area contributed by atoms with Gasteiger partial charge in [0.1, 0.15) is 23.7 Å². The van der Waals surface area contributed by atoms with E-state index in [4.69, 9.17) is 0 Å². The number of phenols is 1. The molecule has 0 aliphatic heterocycles. The number of benzene rings is 2. The van der Waals surface area contributed by atoms with Crippen molar-refractivity contribution in [1.29, 1.82) is 0 Å². The Labute approximate surface area is 136 Å². The molecule has 2 heterocycles. The first kappa shape index (κ1) is 14.1. The second-order valence-corrected chi connectivity index (χ2v) is 5.17. The van der Waals surface area contributed by atoms with Crippen molar-refractivity contribution >= 4 is 22.5 Å². The van der Waals surface area contributed by atoms with Crippen molar-refractivity contribution in [2.75, 3.05) is 5.32 Å². The van der Waals surface area contributed by atoms with E-state index < -0.39 is 0 Å². The third-order valence-corrected chi connectivity index (χ3v) is 3.55. The zero-order valence-corrected chi connectivity index (χ0v) is 12.4. The van der Waals surface area contributed by atoms with Gasteiger partial charge >= 0.3 is 0 Å². The Morgan fingerprint density at radius 2 is 1.88 bits per heavy atom. The summed E-state index contributed by atoms with van der Waals surface area (Å²) in [4.78, 5) is 8.49. The molecule has 2 N–H and O–H groups in total. The minimum Gasteiger partial charge on any atom is -0.508 e. The molecule has 4 aromatic rings. The lowest BCUT2D eigenvalue weighted by Gasteiger charge is -2.07. The molecule has 0 aliphatic rings. The molecular weight excluding hydrogens is 309 g/mol. The number of phenolic OH excluding ortho intramolecular Hbond substituents is 1. The Morgan fingerprint density at radius 1 is 1.04 bits per heavy atom. The maximum absolute atomic E-state index is 13.5. The van der Waals surface area contributed by atoms with Crippen LogP contribution in [0.1, 0.15) is 0 Å². The maximum atomic E-state index is 13.5. The van der Waals surface area contributed by atoms with Gasteiger partial charge in [0.25, 0.3) is 0 Å². The first-order chi connectivity index (χ1) is 11.7. The molecular formula is C17H12FN5O. The van der Waals surface area contributed by atoms with Crippen LogP contribution in [0.3, 0.4) is 0 Å². The number of hydrogen-bond donors (Lipinski definition) is 2. The summed E-state index contributed by atoms with van der Waals surface area (Å²) in [6.07, 6.45) is 3.05. The van der Waals surface area contributed by atoms with Crippen LogP contribution in [-0.4, -0.2) is 24.9 Å². The predicted molar refractivity (Wildman–Crippen MR) is 88.0 cm³/mol. The Morgan fingerprint density at radius 3 is 2.67 bits per heavy atom. The molecule has 6 nitrogen and oxygen atoms in total. The van der Waals surface area contributed by atoms with Crippen molar-refractivity contribution < 1.29 is 9.50 Å². The molecule has 0 bridgehead atoms. The van der Waals surface area contributed by atoms with Crippen LogP contribution in [0.2, 0.25) is 0 Å². The maximum Gasteiger partial charge on any atom is 0.168 e. The van der Waals surface area contributed by atoms with Crippen molar-refractivity contribution in [1.82, 2.24) is 19.7 Å². The summed E-state index contributed by atoms with van der Waals surface area (Å²) in [5, 5.41) is 17.5. The first-order valence-electron chi connectivity index (χ1n) is 7.21. The van der Waals surface area contributed by atoms with E-state index >= 15 is 0 Å². The molecule has 0 radical (unpaired) electrons. The fourth-order valence-electron chi connectivity index (χ4n) is 2.42. The highest BCUT2D eigenvalue weighted by atomic mass is 19.1. The number of aromatic nitrogens is 4. The summed E-state index contributed by atoms with van der Waals surface area (Å²) in [5.41, 5.74) is 1.92. The van der Waals surface area contributed by atoms with E-state index in [1.54, 1.807) is 47.3 Å². The van der Waals surface area contributed by atoms with Crippen LogP contribution in [0.4, 0.5) is 15.9 Å². The van der Waals surface area contributed by atoms with E-state index in [0.29, 0.717) is 22.5 Å². The number of anilines is 2. The summed E-state index contributed by atoms with van der Waals surface area (Å²) < 4.78 is 15.0. The van der Waals surface area contributed by atoms with Gasteiger partial charge in [0, 0.05) is 5.69 Å². The van der Waals surface area contributed by atoms with Crippen LogP contribution in [0.5, 0.6) is 5.75 Å². The fraction of sp³-hybridized carbons (Fsp3) is 0. The van der Waals surface area contributed by atoms with Gasteiger partial charge in [-0.3, -0.25) is 0 Å². The van der Waals surface area contributed by atoms with E-state index in [2.05, 4.69) is 20.4 Å². The van der Waals surface area contributed by atoms with Crippen molar-refractivity contribution in [2.45, 2.75) is 0 Å². The van der Waals surface area contributed by atoms with E-state index in [1.165, 1.54) is 18.5 Å². The summed E-state index contributed by atoms with van der Waals surface area (Å²) in [5.74, 6) is 0.424. The van der Waals surface area contributed by atoms with E-state index in [1.807, 2.05) is 0 Å². The van der Waals surface area contributed by atoms with E-state index in [9.17, 15) is 9.50 Å². The van der Waals surface area contributed by atoms with E-state index in [-0.39, 0.29) is 11.6 Å². The monoisotopic (exact) mass is 321 g/mol. The normalized spacial score (nSPS) is 10.9. The molecule has 0 amide bonds. The molecule has 2 aromatic heterocycles. The van der Waals surface area contributed by atoms with Gasteiger partial charge in [-0.25, -0.2) is 19.0 Å². The number of nitrogens with one attached hydrogen (secondary N) is 1. The van der Waals surface area contributed by atoms with Gasteiger partial charge in [-0.15, -0.1) is 0 Å². The highest BCUT2D eigenvalue weighted by Gasteiger charge is 2.11. The fourth-order valence-corrected chi connectivity index (χ4v) is 2.42. The number of hydrogen-bond acceptors (Lipinski definition) is 5. The van der Waals surface area contributed by atoms with Gasteiger partial charge in [0.2, 0.25) is 0 Å². The molecule has 118 valence electrons. The van der Waals surface area contributed by atoms with Crippen LogP contribution in [-0.2, 0) is 0 Å². The molecule has 0 fully saturated rings. The van der Waals surface area contributed by atoms with Crippen molar-refractivity contribution in [3.8, 4) is 11.4 Å². The molecule has 0 atom stereocenters. The lowest BCUT2D eigenvalue weighted by Crippen LogP contribution is -1.99. The highest BCUT2D eigenvalue weighted by molar-refractivity contribution is 5.89. The van der Waals surface area contributed by atoms with Crippen molar-refractivity contribution in [3.63, 3.8) is 0 Å². The van der Waals surface area contributed by atoms with Gasteiger partial charge in [-0.05, 0) is 42.5 Å². The number of nitrogens with zero attached hydrogens (tertiary/aromatic N) is 4. The van der Waals surface area contributed by atoms with Crippen molar-refractivity contribution in [3.05, 3.63) is 66.9 Å². The van der Waals surface area contributed by atoms with Crippen LogP contribution in [0.25, 0.3) is 16.7 Å². The molecule has 2 aromatic carbocycles. The second-order valence-electron chi connectivity index (χ2n) is 5.17. The van der Waals surface area contributed by atoms with Crippen LogP contribution < -0.4 is 5.32 Å². The molecule has 0 saturated heterocycles.